The lowest BCUT2D eigenvalue weighted by atomic mass is 10.1. The summed E-state index contributed by atoms with van der Waals surface area (Å²) >= 11 is 0. The molecule has 0 radical (unpaired) electrons. The first-order chi connectivity index (χ1) is 8.92. The Hall–Kier alpha value is -0.610. The normalized spacial score (nSPS) is 25.8. The fraction of sp³-hybridized carbons (Fsp3) is 0.933. The van der Waals surface area contributed by atoms with Gasteiger partial charge in [0.05, 0.1) is 12.7 Å². The molecule has 1 atom stereocenters. The number of hydrogen-bond donors (Lipinski definition) is 0. The van der Waals surface area contributed by atoms with Crippen molar-refractivity contribution in [1.29, 1.82) is 0 Å². The van der Waals surface area contributed by atoms with Crippen LogP contribution in [0.3, 0.4) is 0 Å². The largest absolute Gasteiger partial charge is 0.378 e. The minimum Gasteiger partial charge on any atom is -0.378 e. The van der Waals surface area contributed by atoms with E-state index in [-0.39, 0.29) is 5.91 Å². The van der Waals surface area contributed by atoms with Crippen LogP contribution in [0.25, 0.3) is 0 Å². The van der Waals surface area contributed by atoms with Crippen LogP contribution in [0.2, 0.25) is 0 Å². The van der Waals surface area contributed by atoms with Gasteiger partial charge in [-0.2, -0.15) is 0 Å². The molecule has 1 saturated heterocycles. The zero-order chi connectivity index (χ0) is 14.0. The van der Waals surface area contributed by atoms with Gasteiger partial charge in [-0.1, -0.05) is 0 Å². The molecular weight excluding hydrogens is 240 g/mol. The van der Waals surface area contributed by atoms with Crippen LogP contribution in [-0.4, -0.2) is 61.1 Å². The first-order valence-corrected chi connectivity index (χ1v) is 7.49. The molecule has 0 aromatic carbocycles. The van der Waals surface area contributed by atoms with Crippen LogP contribution in [0.15, 0.2) is 0 Å². The predicted octanol–water partition coefficient (Wildman–Crippen LogP) is 1.74. The first-order valence-electron chi connectivity index (χ1n) is 7.49. The number of nitrogens with zero attached hydrogens (tertiary/aromatic N) is 2. The van der Waals surface area contributed by atoms with Crippen molar-refractivity contribution < 1.29 is 9.53 Å². The van der Waals surface area contributed by atoms with Crippen molar-refractivity contribution in [2.75, 3.05) is 33.3 Å². The summed E-state index contributed by atoms with van der Waals surface area (Å²) in [6, 6.07) is 0.402. The Kier molecular flexibility index (Phi) is 4.51. The molecule has 0 bridgehead atoms. The fourth-order valence-electron chi connectivity index (χ4n) is 2.87. The molecule has 0 aromatic rings. The number of likely N-dealkylation sites (N-methyl/N-ethyl adjacent to an activating group) is 1. The molecule has 0 aromatic heterocycles. The topological polar surface area (TPSA) is 32.8 Å². The van der Waals surface area contributed by atoms with E-state index in [1.807, 2.05) is 11.9 Å². The van der Waals surface area contributed by atoms with Crippen molar-refractivity contribution >= 4 is 5.91 Å². The van der Waals surface area contributed by atoms with Gasteiger partial charge in [-0.3, -0.25) is 4.79 Å². The lowest BCUT2D eigenvalue weighted by molar-refractivity contribution is -0.129. The average Bonchev–Trinajstić information content (AvgIpc) is 2.95. The highest BCUT2D eigenvalue weighted by Gasteiger charge is 2.45. The maximum atomic E-state index is 11.4. The average molecular weight is 268 g/mol. The van der Waals surface area contributed by atoms with Gasteiger partial charge in [0.1, 0.15) is 0 Å². The summed E-state index contributed by atoms with van der Waals surface area (Å²) in [4.78, 5) is 15.8. The molecule has 1 saturated carbocycles. The molecule has 110 valence electrons. The van der Waals surface area contributed by atoms with E-state index in [4.69, 9.17) is 4.74 Å². The Morgan fingerprint density at radius 3 is 2.68 bits per heavy atom. The summed E-state index contributed by atoms with van der Waals surface area (Å²) in [6.07, 6.45) is 4.03. The number of amides is 1. The fourth-order valence-corrected chi connectivity index (χ4v) is 2.87. The standard InChI is InChI=1S/C15H28N2O2/c1-12(2)19-11-15(6-7-15)10-17-8-5-14(9-17)16(4)13(3)18/h12,14H,5-11H2,1-4H3/t14-/m1/s1. The van der Waals surface area contributed by atoms with Gasteiger partial charge in [-0.25, -0.2) is 0 Å². The van der Waals surface area contributed by atoms with Crippen LogP contribution in [-0.2, 0) is 9.53 Å². The molecule has 1 aliphatic heterocycles. The minimum absolute atomic E-state index is 0.177. The van der Waals surface area contributed by atoms with Gasteiger partial charge in [0, 0.05) is 45.1 Å². The molecule has 2 fully saturated rings. The van der Waals surface area contributed by atoms with Gasteiger partial charge in [0.25, 0.3) is 0 Å². The van der Waals surface area contributed by atoms with Crippen molar-refractivity contribution in [3.63, 3.8) is 0 Å². The molecule has 1 heterocycles. The van der Waals surface area contributed by atoms with Crippen LogP contribution < -0.4 is 0 Å². The molecule has 4 heteroatoms. The van der Waals surface area contributed by atoms with Crippen LogP contribution in [0.1, 0.15) is 40.0 Å². The Labute approximate surface area is 117 Å². The molecule has 0 unspecified atom stereocenters. The summed E-state index contributed by atoms with van der Waals surface area (Å²) in [5, 5.41) is 0. The Bertz CT molecular complexity index is 326. The van der Waals surface area contributed by atoms with E-state index in [1.54, 1.807) is 6.92 Å². The van der Waals surface area contributed by atoms with E-state index < -0.39 is 0 Å². The van der Waals surface area contributed by atoms with Gasteiger partial charge in [-0.15, -0.1) is 0 Å². The smallest absolute Gasteiger partial charge is 0.219 e. The number of carbonyl (C=O) groups excluding carboxylic acids is 1. The number of carbonyl (C=O) groups is 1. The molecule has 19 heavy (non-hydrogen) atoms. The second kappa shape index (κ2) is 5.80. The summed E-state index contributed by atoms with van der Waals surface area (Å²) in [5.41, 5.74) is 0.411. The van der Waals surface area contributed by atoms with Gasteiger partial charge < -0.3 is 14.5 Å². The lowest BCUT2D eigenvalue weighted by Crippen LogP contribution is -2.39. The SMILES string of the molecule is CC(=O)N(C)[C@@H]1CCN(CC2(COC(C)C)CC2)C1. The van der Waals surface area contributed by atoms with Crippen molar-refractivity contribution in [2.45, 2.75) is 52.2 Å². The second-order valence-electron chi connectivity index (χ2n) is 6.67. The minimum atomic E-state index is 0.177. The first kappa shape index (κ1) is 14.8. The molecule has 2 aliphatic rings. The summed E-state index contributed by atoms with van der Waals surface area (Å²) in [6.45, 7) is 10.0. The molecule has 4 nitrogen and oxygen atoms in total. The van der Waals surface area contributed by atoms with Crippen molar-refractivity contribution in [2.24, 2.45) is 5.41 Å². The Morgan fingerprint density at radius 1 is 1.47 bits per heavy atom. The third-order valence-corrected chi connectivity index (χ3v) is 4.53. The number of ether oxygens (including phenoxy) is 1. The van der Waals surface area contributed by atoms with Crippen molar-refractivity contribution in [3.05, 3.63) is 0 Å². The molecule has 0 N–H and O–H groups in total. The van der Waals surface area contributed by atoms with Crippen LogP contribution in [0, 0.1) is 5.41 Å². The van der Waals surface area contributed by atoms with E-state index in [0.29, 0.717) is 17.6 Å². The van der Waals surface area contributed by atoms with Gasteiger partial charge in [-0.05, 0) is 33.1 Å². The van der Waals surface area contributed by atoms with Crippen LogP contribution >= 0.6 is 0 Å². The molecule has 2 rings (SSSR count). The summed E-state index contributed by atoms with van der Waals surface area (Å²) < 4.78 is 5.80. The van der Waals surface area contributed by atoms with Gasteiger partial charge in [0.2, 0.25) is 5.91 Å². The van der Waals surface area contributed by atoms with Gasteiger partial charge >= 0.3 is 0 Å². The second-order valence-corrected chi connectivity index (χ2v) is 6.67. The Balaban J connectivity index is 1.77. The Morgan fingerprint density at radius 2 is 2.16 bits per heavy atom. The number of hydrogen-bond acceptors (Lipinski definition) is 3. The molecule has 0 spiro atoms. The monoisotopic (exact) mass is 268 g/mol. The summed E-state index contributed by atoms with van der Waals surface area (Å²) in [7, 11) is 1.92. The third-order valence-electron chi connectivity index (χ3n) is 4.53. The van der Waals surface area contributed by atoms with Crippen molar-refractivity contribution in [3.8, 4) is 0 Å². The number of likely N-dealkylation sites (tertiary alicyclic amines) is 1. The maximum Gasteiger partial charge on any atom is 0.219 e. The summed E-state index contributed by atoms with van der Waals surface area (Å²) in [5.74, 6) is 0.177. The highest BCUT2D eigenvalue weighted by Crippen LogP contribution is 2.47. The number of rotatable bonds is 6. The predicted molar refractivity (Wildman–Crippen MR) is 76.0 cm³/mol. The van der Waals surface area contributed by atoms with E-state index in [2.05, 4.69) is 18.7 Å². The van der Waals surface area contributed by atoms with Crippen molar-refractivity contribution in [1.82, 2.24) is 9.80 Å². The molecular formula is C15H28N2O2. The molecule has 1 aliphatic carbocycles. The lowest BCUT2D eigenvalue weighted by Gasteiger charge is -2.26. The zero-order valence-electron chi connectivity index (χ0n) is 12.8. The van der Waals surface area contributed by atoms with E-state index in [1.165, 1.54) is 12.8 Å². The van der Waals surface area contributed by atoms with E-state index in [0.717, 1.165) is 32.7 Å². The third kappa shape index (κ3) is 3.93. The van der Waals surface area contributed by atoms with Gasteiger partial charge in [0.15, 0.2) is 0 Å². The van der Waals surface area contributed by atoms with Crippen LogP contribution in [0.4, 0.5) is 0 Å². The maximum absolute atomic E-state index is 11.4. The highest BCUT2D eigenvalue weighted by molar-refractivity contribution is 5.73. The van der Waals surface area contributed by atoms with E-state index in [9.17, 15) is 4.79 Å². The van der Waals surface area contributed by atoms with E-state index >= 15 is 0 Å². The highest BCUT2D eigenvalue weighted by atomic mass is 16.5. The zero-order valence-corrected chi connectivity index (χ0v) is 12.8. The quantitative estimate of drug-likeness (QED) is 0.735. The molecule has 1 amide bonds. The van der Waals surface area contributed by atoms with Crippen LogP contribution in [0.5, 0.6) is 0 Å².